The molecule has 0 spiro atoms. The van der Waals surface area contributed by atoms with Crippen molar-refractivity contribution in [1.29, 1.82) is 0 Å². The van der Waals surface area contributed by atoms with E-state index in [1.807, 2.05) is 17.4 Å². The number of likely N-dealkylation sites (tertiary alicyclic amines) is 1. The Morgan fingerprint density at radius 1 is 1.17 bits per heavy atom. The molecule has 0 amide bonds. The van der Waals surface area contributed by atoms with Crippen LogP contribution in [-0.2, 0) is 6.54 Å². The molecule has 0 bridgehead atoms. The molecule has 0 radical (unpaired) electrons. The van der Waals surface area contributed by atoms with Gasteiger partial charge in [0.05, 0.1) is 36.3 Å². The number of nitrogens with zero attached hydrogens (tertiary/aromatic N) is 1. The molecule has 0 aliphatic carbocycles. The Bertz CT molecular complexity index is 796. The molecule has 4 heteroatoms. The molecule has 2 heterocycles. The minimum absolute atomic E-state index is 0.584. The molecular formula is C20H23N2OS+. The van der Waals surface area contributed by atoms with Crippen LogP contribution >= 0.6 is 11.3 Å². The van der Waals surface area contributed by atoms with Gasteiger partial charge in [0.15, 0.2) is 0 Å². The van der Waals surface area contributed by atoms with Crippen LogP contribution in [0, 0.1) is 0 Å². The van der Waals surface area contributed by atoms with E-state index in [-0.39, 0.29) is 0 Å². The molecule has 3 nitrogen and oxygen atoms in total. The van der Waals surface area contributed by atoms with Gasteiger partial charge in [0.1, 0.15) is 17.3 Å². The molecule has 1 aliphatic heterocycles. The van der Waals surface area contributed by atoms with E-state index in [1.165, 1.54) is 34.7 Å². The molecule has 3 aromatic rings. The topological polar surface area (TPSA) is 26.6 Å². The molecule has 0 saturated carbocycles. The fraction of sp³-hybridized carbons (Fsp3) is 0.350. The second kappa shape index (κ2) is 6.91. The Balaban J connectivity index is 1.51. The number of nitrogens with one attached hydrogen (secondary N) is 1. The highest BCUT2D eigenvalue weighted by Gasteiger charge is 2.27. The van der Waals surface area contributed by atoms with Crippen LogP contribution in [0.3, 0.4) is 0 Å². The van der Waals surface area contributed by atoms with Crippen LogP contribution < -0.4 is 9.64 Å². The van der Waals surface area contributed by atoms with Gasteiger partial charge in [0.25, 0.3) is 0 Å². The molecule has 24 heavy (non-hydrogen) atoms. The smallest absolute Gasteiger partial charge is 0.127 e. The molecule has 1 aliphatic rings. The summed E-state index contributed by atoms with van der Waals surface area (Å²) in [6, 6.07) is 16.9. The van der Waals surface area contributed by atoms with E-state index in [1.54, 1.807) is 12.0 Å². The number of quaternary nitrogens is 1. The summed E-state index contributed by atoms with van der Waals surface area (Å²) in [6.07, 6.45) is 2.53. The Morgan fingerprint density at radius 2 is 2.00 bits per heavy atom. The molecule has 1 N–H and O–H groups in total. The summed E-state index contributed by atoms with van der Waals surface area (Å²) in [7, 11) is 1.76. The number of aromatic nitrogens is 1. The normalized spacial score (nSPS) is 21.0. The SMILES string of the molecule is COc1ccccc1C[NH+]1CCC[C@@H](c2nc3ccccc3s2)C1. The molecule has 2 atom stereocenters. The van der Waals surface area contributed by atoms with Gasteiger partial charge in [-0.05, 0) is 37.1 Å². The first-order chi connectivity index (χ1) is 11.8. The maximum absolute atomic E-state index is 5.51. The maximum atomic E-state index is 5.51. The van der Waals surface area contributed by atoms with Crippen molar-refractivity contribution < 1.29 is 9.64 Å². The van der Waals surface area contributed by atoms with Crippen molar-refractivity contribution in [2.45, 2.75) is 25.3 Å². The Morgan fingerprint density at radius 3 is 2.88 bits per heavy atom. The Labute approximate surface area is 146 Å². The standard InChI is InChI=1S/C20H22N2OS/c1-23-18-10-4-2-7-15(18)13-22-12-6-8-16(14-22)20-21-17-9-3-5-11-19(17)24-20/h2-5,7,9-11,16H,6,8,12-14H2,1H3/p+1/t16-/m1/s1. The summed E-state index contributed by atoms with van der Waals surface area (Å²) in [6.45, 7) is 3.43. The summed E-state index contributed by atoms with van der Waals surface area (Å²) < 4.78 is 6.82. The van der Waals surface area contributed by atoms with Gasteiger partial charge in [-0.2, -0.15) is 0 Å². The molecule has 2 aromatic carbocycles. The van der Waals surface area contributed by atoms with E-state index < -0.39 is 0 Å². The van der Waals surface area contributed by atoms with Crippen molar-refractivity contribution in [2.24, 2.45) is 0 Å². The number of para-hydroxylation sites is 2. The number of methoxy groups -OCH3 is 1. The molecule has 124 valence electrons. The molecule has 1 aromatic heterocycles. The van der Waals surface area contributed by atoms with Gasteiger partial charge >= 0.3 is 0 Å². The zero-order chi connectivity index (χ0) is 16.4. The van der Waals surface area contributed by atoms with Gasteiger partial charge < -0.3 is 9.64 Å². The predicted molar refractivity (Wildman–Crippen MR) is 99.0 cm³/mol. The number of hydrogen-bond donors (Lipinski definition) is 1. The van der Waals surface area contributed by atoms with Gasteiger partial charge in [-0.25, -0.2) is 4.98 Å². The monoisotopic (exact) mass is 339 g/mol. The summed E-state index contributed by atoms with van der Waals surface area (Å²) >= 11 is 1.87. The van der Waals surface area contributed by atoms with E-state index in [0.29, 0.717) is 5.92 Å². The maximum Gasteiger partial charge on any atom is 0.127 e. The van der Waals surface area contributed by atoms with E-state index >= 15 is 0 Å². The third kappa shape index (κ3) is 3.17. The van der Waals surface area contributed by atoms with Crippen LogP contribution in [-0.4, -0.2) is 25.2 Å². The van der Waals surface area contributed by atoms with E-state index in [4.69, 9.17) is 9.72 Å². The average molecular weight is 339 g/mol. The lowest BCUT2D eigenvalue weighted by Gasteiger charge is -2.29. The number of thiazole rings is 1. The van der Waals surface area contributed by atoms with E-state index in [2.05, 4.69) is 42.5 Å². The first-order valence-corrected chi connectivity index (χ1v) is 9.46. The van der Waals surface area contributed by atoms with Gasteiger partial charge in [0.2, 0.25) is 0 Å². The number of fused-ring (bicyclic) bond motifs is 1. The lowest BCUT2D eigenvalue weighted by molar-refractivity contribution is -0.920. The number of hydrogen-bond acceptors (Lipinski definition) is 3. The highest BCUT2D eigenvalue weighted by atomic mass is 32.1. The van der Waals surface area contributed by atoms with Gasteiger partial charge in [0, 0.05) is 5.56 Å². The average Bonchev–Trinajstić information content (AvgIpc) is 3.07. The largest absolute Gasteiger partial charge is 0.496 e. The van der Waals surface area contributed by atoms with Crippen LogP contribution in [0.15, 0.2) is 48.5 Å². The van der Waals surface area contributed by atoms with Crippen LogP contribution in [0.4, 0.5) is 0 Å². The van der Waals surface area contributed by atoms with Crippen molar-refractivity contribution in [3.8, 4) is 5.75 Å². The predicted octanol–water partition coefficient (Wildman–Crippen LogP) is 3.27. The third-order valence-electron chi connectivity index (χ3n) is 4.91. The zero-order valence-electron chi connectivity index (χ0n) is 14.0. The van der Waals surface area contributed by atoms with Crippen LogP contribution in [0.5, 0.6) is 5.75 Å². The van der Waals surface area contributed by atoms with E-state index in [0.717, 1.165) is 24.4 Å². The number of rotatable bonds is 4. The second-order valence-corrected chi connectivity index (χ2v) is 7.61. The first kappa shape index (κ1) is 15.6. The van der Waals surface area contributed by atoms with Gasteiger partial charge in [-0.3, -0.25) is 0 Å². The summed E-state index contributed by atoms with van der Waals surface area (Å²) in [5.41, 5.74) is 2.45. The lowest BCUT2D eigenvalue weighted by Crippen LogP contribution is -3.12. The van der Waals surface area contributed by atoms with Crippen molar-refractivity contribution in [1.82, 2.24) is 4.98 Å². The summed E-state index contributed by atoms with van der Waals surface area (Å²) in [5.74, 6) is 1.59. The first-order valence-electron chi connectivity index (χ1n) is 8.64. The fourth-order valence-electron chi connectivity index (χ4n) is 3.71. The number of piperidine rings is 1. The highest BCUT2D eigenvalue weighted by molar-refractivity contribution is 7.18. The minimum Gasteiger partial charge on any atom is -0.496 e. The lowest BCUT2D eigenvalue weighted by atomic mass is 9.98. The number of ether oxygens (including phenoxy) is 1. The van der Waals surface area contributed by atoms with Gasteiger partial charge in [-0.1, -0.05) is 24.3 Å². The van der Waals surface area contributed by atoms with Crippen LogP contribution in [0.25, 0.3) is 10.2 Å². The Hall–Kier alpha value is -1.91. The quantitative estimate of drug-likeness (QED) is 0.790. The number of benzene rings is 2. The highest BCUT2D eigenvalue weighted by Crippen LogP contribution is 2.30. The minimum atomic E-state index is 0.584. The van der Waals surface area contributed by atoms with Gasteiger partial charge in [-0.15, -0.1) is 11.3 Å². The molecule has 4 rings (SSSR count). The molecular weight excluding hydrogens is 316 g/mol. The second-order valence-electron chi connectivity index (χ2n) is 6.55. The van der Waals surface area contributed by atoms with Crippen molar-refractivity contribution >= 4 is 21.6 Å². The zero-order valence-corrected chi connectivity index (χ0v) is 14.8. The van der Waals surface area contributed by atoms with Crippen LogP contribution in [0.2, 0.25) is 0 Å². The summed E-state index contributed by atoms with van der Waals surface area (Å²) in [4.78, 5) is 6.53. The summed E-state index contributed by atoms with van der Waals surface area (Å²) in [5, 5.41) is 1.31. The molecule has 1 saturated heterocycles. The van der Waals surface area contributed by atoms with E-state index in [9.17, 15) is 0 Å². The van der Waals surface area contributed by atoms with Crippen molar-refractivity contribution in [3.05, 3.63) is 59.1 Å². The molecule has 1 unspecified atom stereocenters. The Kier molecular flexibility index (Phi) is 4.50. The molecule has 1 fully saturated rings. The van der Waals surface area contributed by atoms with Crippen molar-refractivity contribution in [3.63, 3.8) is 0 Å². The fourth-order valence-corrected chi connectivity index (χ4v) is 4.81. The van der Waals surface area contributed by atoms with Crippen molar-refractivity contribution in [2.75, 3.05) is 20.2 Å². The third-order valence-corrected chi connectivity index (χ3v) is 6.11. The van der Waals surface area contributed by atoms with Crippen LogP contribution in [0.1, 0.15) is 29.3 Å².